The third-order valence-electron chi connectivity index (χ3n) is 3.09. The van der Waals surface area contributed by atoms with Gasteiger partial charge in [0.25, 0.3) is 0 Å². The van der Waals surface area contributed by atoms with Crippen molar-refractivity contribution in [2.45, 2.75) is 25.8 Å². The molecule has 0 aromatic rings. The largest absolute Gasteiger partial charge is 0.339 e. The first-order valence-corrected chi connectivity index (χ1v) is 7.04. The van der Waals surface area contributed by atoms with Gasteiger partial charge in [-0.2, -0.15) is 11.8 Å². The highest BCUT2D eigenvalue weighted by molar-refractivity contribution is 7.99. The van der Waals surface area contributed by atoms with Gasteiger partial charge >= 0.3 is 0 Å². The Kier molecular flexibility index (Phi) is 3.92. The fourth-order valence-electron chi connectivity index (χ4n) is 1.89. The second kappa shape index (κ2) is 5.21. The molecular formula is C11H20N2OS. The molecule has 3 nitrogen and oxygen atoms in total. The number of rotatable bonds is 6. The Morgan fingerprint density at radius 1 is 1.47 bits per heavy atom. The van der Waals surface area contributed by atoms with Crippen LogP contribution < -0.4 is 5.32 Å². The Hall–Kier alpha value is -0.220. The molecule has 1 heterocycles. The molecule has 0 aromatic heterocycles. The molecule has 0 aromatic carbocycles. The van der Waals surface area contributed by atoms with Crippen molar-refractivity contribution in [2.75, 3.05) is 31.1 Å². The summed E-state index contributed by atoms with van der Waals surface area (Å²) in [5, 5.41) is 3.25. The maximum absolute atomic E-state index is 11.8. The molecule has 0 spiro atoms. The summed E-state index contributed by atoms with van der Waals surface area (Å²) in [6, 6.07) is 0.577. The summed E-state index contributed by atoms with van der Waals surface area (Å²) in [5.74, 6) is 2.97. The van der Waals surface area contributed by atoms with Crippen LogP contribution in [0.2, 0.25) is 0 Å². The lowest BCUT2D eigenvalue weighted by Crippen LogP contribution is -2.43. The zero-order chi connectivity index (χ0) is 10.7. The fraction of sp³-hybridized carbons (Fsp3) is 0.909. The van der Waals surface area contributed by atoms with Gasteiger partial charge in [0.05, 0.1) is 5.75 Å². The number of thioether (sulfide) groups is 1. The summed E-state index contributed by atoms with van der Waals surface area (Å²) in [4.78, 5) is 13.9. The molecule has 2 fully saturated rings. The fourth-order valence-corrected chi connectivity index (χ4v) is 2.91. The number of hydrogen-bond donors (Lipinski definition) is 1. The Balaban J connectivity index is 1.61. The van der Waals surface area contributed by atoms with Crippen LogP contribution in [0.3, 0.4) is 0 Å². The number of carbonyl (C=O) groups excluding carboxylic acids is 1. The maximum atomic E-state index is 11.8. The summed E-state index contributed by atoms with van der Waals surface area (Å²) >= 11 is 1.80. The molecule has 0 bridgehead atoms. The lowest BCUT2D eigenvalue weighted by Gasteiger charge is -2.27. The first-order chi connectivity index (χ1) is 7.31. The van der Waals surface area contributed by atoms with E-state index in [-0.39, 0.29) is 0 Å². The molecule has 2 aliphatic rings. The summed E-state index contributed by atoms with van der Waals surface area (Å²) in [6.07, 6.45) is 2.44. The van der Waals surface area contributed by atoms with E-state index in [0.717, 1.165) is 31.3 Å². The van der Waals surface area contributed by atoms with Crippen LogP contribution in [0.25, 0.3) is 0 Å². The van der Waals surface area contributed by atoms with Gasteiger partial charge in [0.2, 0.25) is 5.91 Å². The van der Waals surface area contributed by atoms with Crippen LogP contribution in [0.15, 0.2) is 0 Å². The normalized spacial score (nSPS) is 21.1. The van der Waals surface area contributed by atoms with Gasteiger partial charge in [0.15, 0.2) is 0 Å². The predicted octanol–water partition coefficient (Wildman–Crippen LogP) is 0.950. The molecule has 1 aliphatic heterocycles. The van der Waals surface area contributed by atoms with Crippen molar-refractivity contribution in [3.05, 3.63) is 0 Å². The van der Waals surface area contributed by atoms with Crippen LogP contribution in [-0.2, 0) is 4.79 Å². The van der Waals surface area contributed by atoms with Gasteiger partial charge in [-0.15, -0.1) is 0 Å². The van der Waals surface area contributed by atoms with Crippen molar-refractivity contribution in [3.63, 3.8) is 0 Å². The van der Waals surface area contributed by atoms with E-state index >= 15 is 0 Å². The van der Waals surface area contributed by atoms with Crippen LogP contribution in [0.5, 0.6) is 0 Å². The first-order valence-electron chi connectivity index (χ1n) is 5.89. The Labute approximate surface area is 96.0 Å². The van der Waals surface area contributed by atoms with Crippen molar-refractivity contribution in [1.82, 2.24) is 10.2 Å². The average Bonchev–Trinajstić information content (AvgIpc) is 2.94. The molecule has 1 N–H and O–H groups in total. The number of carbonyl (C=O) groups is 1. The lowest BCUT2D eigenvalue weighted by molar-refractivity contribution is -0.128. The summed E-state index contributed by atoms with van der Waals surface area (Å²) < 4.78 is 0. The van der Waals surface area contributed by atoms with Crippen molar-refractivity contribution in [3.8, 4) is 0 Å². The van der Waals surface area contributed by atoms with Crippen LogP contribution in [0.1, 0.15) is 19.8 Å². The molecule has 1 aliphatic carbocycles. The molecule has 2 rings (SSSR count). The van der Waals surface area contributed by atoms with Crippen molar-refractivity contribution < 1.29 is 4.79 Å². The zero-order valence-electron chi connectivity index (χ0n) is 9.37. The first kappa shape index (κ1) is 11.3. The molecule has 1 amide bonds. The summed E-state index contributed by atoms with van der Waals surface area (Å²) in [7, 11) is 0. The van der Waals surface area contributed by atoms with Gasteiger partial charge in [0.1, 0.15) is 0 Å². The van der Waals surface area contributed by atoms with Gasteiger partial charge in [-0.25, -0.2) is 0 Å². The van der Waals surface area contributed by atoms with Crippen LogP contribution >= 0.6 is 11.8 Å². The van der Waals surface area contributed by atoms with E-state index in [1.165, 1.54) is 12.8 Å². The number of nitrogens with zero attached hydrogens (tertiary/aromatic N) is 1. The Morgan fingerprint density at radius 3 is 2.67 bits per heavy atom. The second-order valence-electron chi connectivity index (χ2n) is 4.45. The molecule has 0 atom stereocenters. The zero-order valence-corrected chi connectivity index (χ0v) is 10.2. The molecule has 1 saturated carbocycles. The molecule has 15 heavy (non-hydrogen) atoms. The van der Waals surface area contributed by atoms with Crippen LogP contribution in [-0.4, -0.2) is 48.0 Å². The van der Waals surface area contributed by atoms with E-state index < -0.39 is 0 Å². The third-order valence-corrected chi connectivity index (χ3v) is 4.25. The van der Waals surface area contributed by atoms with Crippen molar-refractivity contribution in [1.29, 1.82) is 0 Å². The molecular weight excluding hydrogens is 208 g/mol. The van der Waals surface area contributed by atoms with Crippen LogP contribution in [0, 0.1) is 5.92 Å². The summed E-state index contributed by atoms with van der Waals surface area (Å²) in [5.41, 5.74) is 0. The monoisotopic (exact) mass is 228 g/mol. The smallest absolute Gasteiger partial charge is 0.232 e. The van der Waals surface area contributed by atoms with Gasteiger partial charge in [-0.3, -0.25) is 4.79 Å². The topological polar surface area (TPSA) is 32.3 Å². The van der Waals surface area contributed by atoms with E-state index in [9.17, 15) is 4.79 Å². The van der Waals surface area contributed by atoms with Crippen molar-refractivity contribution in [2.24, 2.45) is 5.92 Å². The van der Waals surface area contributed by atoms with Gasteiger partial charge in [0, 0.05) is 12.6 Å². The minimum Gasteiger partial charge on any atom is -0.339 e. The van der Waals surface area contributed by atoms with E-state index in [2.05, 4.69) is 12.2 Å². The Bertz CT molecular complexity index is 227. The number of nitrogens with one attached hydrogen (secondary N) is 1. The number of amides is 1. The minimum absolute atomic E-state index is 0.345. The van der Waals surface area contributed by atoms with Gasteiger partial charge in [-0.1, -0.05) is 0 Å². The quantitative estimate of drug-likeness (QED) is 0.734. The number of hydrogen-bond acceptors (Lipinski definition) is 3. The highest BCUT2D eigenvalue weighted by Crippen LogP contribution is 2.27. The molecule has 1 saturated heterocycles. The minimum atomic E-state index is 0.345. The van der Waals surface area contributed by atoms with Crippen LogP contribution in [0.4, 0.5) is 0 Å². The SMILES string of the molecule is CCN(C(=O)CSCC1CNC1)C1CC1. The van der Waals surface area contributed by atoms with E-state index in [1.54, 1.807) is 11.8 Å². The molecule has 0 radical (unpaired) electrons. The average molecular weight is 228 g/mol. The van der Waals surface area contributed by atoms with E-state index in [0.29, 0.717) is 17.7 Å². The third kappa shape index (κ3) is 3.11. The lowest BCUT2D eigenvalue weighted by atomic mass is 10.1. The molecule has 86 valence electrons. The maximum Gasteiger partial charge on any atom is 0.232 e. The van der Waals surface area contributed by atoms with E-state index in [4.69, 9.17) is 0 Å². The predicted molar refractivity (Wildman–Crippen MR) is 64.1 cm³/mol. The van der Waals surface area contributed by atoms with Gasteiger partial charge in [-0.05, 0) is 44.5 Å². The van der Waals surface area contributed by atoms with E-state index in [1.807, 2.05) is 4.90 Å². The molecule has 4 heteroatoms. The standard InChI is InChI=1S/C11H20N2OS/c1-2-13(10-3-4-10)11(14)8-15-7-9-5-12-6-9/h9-10,12H,2-8H2,1H3. The second-order valence-corrected chi connectivity index (χ2v) is 5.48. The highest BCUT2D eigenvalue weighted by atomic mass is 32.2. The Morgan fingerprint density at radius 2 is 2.20 bits per heavy atom. The summed E-state index contributed by atoms with van der Waals surface area (Å²) in [6.45, 7) is 5.24. The highest BCUT2D eigenvalue weighted by Gasteiger charge is 2.31. The van der Waals surface area contributed by atoms with Gasteiger partial charge < -0.3 is 10.2 Å². The van der Waals surface area contributed by atoms with Crippen molar-refractivity contribution >= 4 is 17.7 Å². The molecule has 0 unspecified atom stereocenters.